The number of nitrogens with one attached hydrogen (secondary N) is 2. The van der Waals surface area contributed by atoms with Gasteiger partial charge in [0, 0.05) is 17.3 Å². The molecule has 2 saturated heterocycles. The molecule has 1 spiro atoms. The van der Waals surface area contributed by atoms with Crippen LogP contribution in [0.5, 0.6) is 5.75 Å². The van der Waals surface area contributed by atoms with Crippen molar-refractivity contribution < 1.29 is 32.7 Å². The minimum absolute atomic E-state index is 0.0596. The summed E-state index contributed by atoms with van der Waals surface area (Å²) in [5.74, 6) is -4.01. The summed E-state index contributed by atoms with van der Waals surface area (Å²) < 4.78 is 40.2. The number of para-hydroxylation sites is 1. The van der Waals surface area contributed by atoms with Gasteiger partial charge in [0.05, 0.1) is 23.1 Å². The summed E-state index contributed by atoms with van der Waals surface area (Å²) in [4.78, 5) is 41.9. The lowest BCUT2D eigenvalue weighted by Gasteiger charge is -2.29. The zero-order valence-corrected chi connectivity index (χ0v) is 19.1. The van der Waals surface area contributed by atoms with Gasteiger partial charge in [0.1, 0.15) is 11.3 Å². The van der Waals surface area contributed by atoms with Gasteiger partial charge in [-0.15, -0.1) is 0 Å². The van der Waals surface area contributed by atoms with Crippen molar-refractivity contribution >= 4 is 29.1 Å². The summed E-state index contributed by atoms with van der Waals surface area (Å²) in [6.45, 7) is 0. The molecule has 0 saturated carbocycles. The number of hydrogen-bond acceptors (Lipinski definition) is 5. The van der Waals surface area contributed by atoms with Gasteiger partial charge in [-0.05, 0) is 48.4 Å². The molecule has 3 aromatic rings. The summed E-state index contributed by atoms with van der Waals surface area (Å²) >= 11 is 0. The number of imide groups is 1. The van der Waals surface area contributed by atoms with Gasteiger partial charge in [0.25, 0.3) is 0 Å². The van der Waals surface area contributed by atoms with Crippen LogP contribution < -0.4 is 15.5 Å². The Morgan fingerprint density at radius 1 is 0.919 bits per heavy atom. The first kappa shape index (κ1) is 23.2. The first-order chi connectivity index (χ1) is 17.6. The summed E-state index contributed by atoms with van der Waals surface area (Å²) in [7, 11) is 0. The van der Waals surface area contributed by atoms with Crippen molar-refractivity contribution in [1.29, 1.82) is 0 Å². The van der Waals surface area contributed by atoms with E-state index >= 15 is 0 Å². The summed E-state index contributed by atoms with van der Waals surface area (Å²) in [5.41, 5.74) is -0.983. The van der Waals surface area contributed by atoms with Crippen LogP contribution in [0, 0.1) is 11.8 Å². The number of anilines is 2. The molecule has 0 radical (unpaired) electrons. The first-order valence-electron chi connectivity index (χ1n) is 11.6. The normalized spacial score (nSPS) is 26.5. The Kier molecular flexibility index (Phi) is 4.97. The van der Waals surface area contributed by atoms with Crippen LogP contribution >= 0.6 is 0 Å². The molecule has 3 aliphatic heterocycles. The van der Waals surface area contributed by atoms with E-state index in [0.717, 1.165) is 28.7 Å². The molecule has 7 nitrogen and oxygen atoms in total. The SMILES string of the molecule is O=C1[C@@H]2[C@H](Cc3ccc(O)cc3)N[C@@]3(C(=O)Nc4ccccc43)[C@H]2C(=O)N1c1cccc(C(F)(F)F)c1. The van der Waals surface area contributed by atoms with Crippen molar-refractivity contribution in [3.63, 3.8) is 0 Å². The van der Waals surface area contributed by atoms with Crippen LogP contribution in [0.1, 0.15) is 16.7 Å². The van der Waals surface area contributed by atoms with Crippen LogP contribution in [0.3, 0.4) is 0 Å². The van der Waals surface area contributed by atoms with Crippen LogP contribution in [0.25, 0.3) is 0 Å². The van der Waals surface area contributed by atoms with E-state index in [2.05, 4.69) is 10.6 Å². The molecule has 0 unspecified atom stereocenters. The number of fused-ring (bicyclic) bond motifs is 4. The topological polar surface area (TPSA) is 98.7 Å². The van der Waals surface area contributed by atoms with Gasteiger partial charge in [-0.3, -0.25) is 19.7 Å². The van der Waals surface area contributed by atoms with E-state index < -0.39 is 52.9 Å². The van der Waals surface area contributed by atoms with Crippen molar-refractivity contribution in [1.82, 2.24) is 5.32 Å². The van der Waals surface area contributed by atoms with E-state index in [1.54, 1.807) is 36.4 Å². The Morgan fingerprint density at radius 3 is 2.38 bits per heavy atom. The van der Waals surface area contributed by atoms with Crippen molar-refractivity contribution in [2.24, 2.45) is 11.8 Å². The summed E-state index contributed by atoms with van der Waals surface area (Å²) in [5, 5.41) is 15.7. The Bertz CT molecular complexity index is 1460. The third-order valence-electron chi connectivity index (χ3n) is 7.45. The number of hydrogen-bond donors (Lipinski definition) is 3. The molecular formula is C27H20F3N3O4. The number of phenolic OH excluding ortho intramolecular Hbond substituents is 1. The predicted octanol–water partition coefficient (Wildman–Crippen LogP) is 3.58. The summed E-state index contributed by atoms with van der Waals surface area (Å²) in [6.07, 6.45) is -4.42. The zero-order valence-electron chi connectivity index (χ0n) is 19.1. The van der Waals surface area contributed by atoms with E-state index in [4.69, 9.17) is 0 Å². The second kappa shape index (κ2) is 7.91. The molecule has 3 amide bonds. The maximum absolute atomic E-state index is 13.9. The number of nitrogens with zero attached hydrogens (tertiary/aromatic N) is 1. The molecule has 6 rings (SSSR count). The van der Waals surface area contributed by atoms with Gasteiger partial charge in [-0.1, -0.05) is 36.4 Å². The van der Waals surface area contributed by atoms with Gasteiger partial charge in [-0.25, -0.2) is 4.90 Å². The van der Waals surface area contributed by atoms with Crippen molar-refractivity contribution in [2.75, 3.05) is 10.2 Å². The number of rotatable bonds is 3. The van der Waals surface area contributed by atoms with Crippen LogP contribution in [0.2, 0.25) is 0 Å². The van der Waals surface area contributed by atoms with E-state index in [1.807, 2.05) is 0 Å². The molecule has 3 aromatic carbocycles. The lowest BCUT2D eigenvalue weighted by atomic mass is 9.76. The van der Waals surface area contributed by atoms with Crippen molar-refractivity contribution in [3.8, 4) is 5.75 Å². The van der Waals surface area contributed by atoms with Gasteiger partial charge < -0.3 is 10.4 Å². The van der Waals surface area contributed by atoms with Gasteiger partial charge in [0.15, 0.2) is 0 Å². The largest absolute Gasteiger partial charge is 0.508 e. The van der Waals surface area contributed by atoms with E-state index in [1.165, 1.54) is 18.2 Å². The van der Waals surface area contributed by atoms with E-state index in [9.17, 15) is 32.7 Å². The molecule has 4 atom stereocenters. The second-order valence-corrected chi connectivity index (χ2v) is 9.49. The molecule has 3 N–H and O–H groups in total. The molecule has 3 aliphatic rings. The number of phenols is 1. The van der Waals surface area contributed by atoms with Gasteiger partial charge >= 0.3 is 6.18 Å². The van der Waals surface area contributed by atoms with Crippen LogP contribution in [-0.2, 0) is 32.5 Å². The van der Waals surface area contributed by atoms with Crippen molar-refractivity contribution in [3.05, 3.63) is 89.5 Å². The predicted molar refractivity (Wildman–Crippen MR) is 126 cm³/mol. The van der Waals surface area contributed by atoms with E-state index in [-0.39, 0.29) is 17.9 Å². The fourth-order valence-corrected chi connectivity index (χ4v) is 5.89. The molecule has 10 heteroatoms. The van der Waals surface area contributed by atoms with Crippen LogP contribution in [0.15, 0.2) is 72.8 Å². The smallest absolute Gasteiger partial charge is 0.416 e. The maximum Gasteiger partial charge on any atom is 0.416 e. The molecule has 0 bridgehead atoms. The standard InChI is InChI=1S/C27H20F3N3O4/c28-27(29,30)15-4-3-5-16(13-15)33-23(35)21-20(12-14-8-10-17(34)11-9-14)32-26(22(21)24(33)36)18-6-1-2-7-19(18)31-25(26)37/h1-11,13,20-22,32,34H,12H2,(H,31,37)/t20-,21+,22+,26+/m0/s1. The molecule has 37 heavy (non-hydrogen) atoms. The highest BCUT2D eigenvalue weighted by Gasteiger charge is 2.70. The average molecular weight is 507 g/mol. The Morgan fingerprint density at radius 2 is 1.65 bits per heavy atom. The molecule has 0 aromatic heterocycles. The highest BCUT2D eigenvalue weighted by Crippen LogP contribution is 2.54. The number of alkyl halides is 3. The Labute approximate surface area is 208 Å². The minimum atomic E-state index is -4.66. The lowest BCUT2D eigenvalue weighted by Crippen LogP contribution is -2.53. The van der Waals surface area contributed by atoms with Crippen molar-refractivity contribution in [2.45, 2.75) is 24.2 Å². The molecule has 0 aliphatic carbocycles. The van der Waals surface area contributed by atoms with Gasteiger partial charge in [0.2, 0.25) is 17.7 Å². The number of amides is 3. The third-order valence-corrected chi connectivity index (χ3v) is 7.45. The van der Waals surface area contributed by atoms with Crippen LogP contribution in [0.4, 0.5) is 24.5 Å². The quantitative estimate of drug-likeness (QED) is 0.471. The average Bonchev–Trinajstić information content (AvgIpc) is 3.44. The molecular weight excluding hydrogens is 487 g/mol. The number of carbonyl (C=O) groups is 3. The highest BCUT2D eigenvalue weighted by molar-refractivity contribution is 6.25. The number of benzene rings is 3. The minimum Gasteiger partial charge on any atom is -0.508 e. The molecule has 188 valence electrons. The lowest BCUT2D eigenvalue weighted by molar-refractivity contribution is -0.137. The Hall–Kier alpha value is -4.18. The molecule has 3 heterocycles. The Balaban J connectivity index is 1.48. The second-order valence-electron chi connectivity index (χ2n) is 9.49. The fourth-order valence-electron chi connectivity index (χ4n) is 5.89. The third kappa shape index (κ3) is 3.36. The van der Waals surface area contributed by atoms with Gasteiger partial charge in [-0.2, -0.15) is 13.2 Å². The maximum atomic E-state index is 13.9. The summed E-state index contributed by atoms with van der Waals surface area (Å²) in [6, 6.07) is 16.6. The number of carbonyl (C=O) groups excluding carboxylic acids is 3. The van der Waals surface area contributed by atoms with E-state index in [0.29, 0.717) is 11.3 Å². The zero-order chi connectivity index (χ0) is 26.1. The highest BCUT2D eigenvalue weighted by atomic mass is 19.4. The van der Waals surface area contributed by atoms with Crippen LogP contribution in [-0.4, -0.2) is 28.9 Å². The fraction of sp³-hybridized carbons (Fsp3) is 0.222. The number of aromatic hydroxyl groups is 1. The molecule has 2 fully saturated rings. The first-order valence-corrected chi connectivity index (χ1v) is 11.6. The monoisotopic (exact) mass is 507 g/mol. The number of halogens is 3.